The molecule has 1 aliphatic heterocycles. The molecule has 0 bridgehead atoms. The summed E-state index contributed by atoms with van der Waals surface area (Å²) in [6.07, 6.45) is 3.13. The third-order valence-corrected chi connectivity index (χ3v) is 7.84. The molecule has 0 amide bonds. The van der Waals surface area contributed by atoms with E-state index in [9.17, 15) is 18.3 Å². The molecule has 0 aliphatic carbocycles. The first-order valence-electron chi connectivity index (χ1n) is 7.44. The van der Waals surface area contributed by atoms with Crippen LogP contribution in [0, 0.1) is 11.8 Å². The number of hydrogen-bond acceptors (Lipinski definition) is 4. The molecular weight excluding hydrogens is 320 g/mol. The summed E-state index contributed by atoms with van der Waals surface area (Å²) < 4.78 is 24.0. The van der Waals surface area contributed by atoms with Crippen LogP contribution in [0.5, 0.6) is 0 Å². The van der Waals surface area contributed by atoms with Gasteiger partial charge >= 0.3 is 5.97 Å². The van der Waals surface area contributed by atoms with Gasteiger partial charge in [0.1, 0.15) is 4.75 Å². The van der Waals surface area contributed by atoms with Crippen LogP contribution in [0.25, 0.3) is 0 Å². The van der Waals surface area contributed by atoms with E-state index in [1.54, 1.807) is 12.1 Å². The Hall–Kier alpha value is -1.32. The zero-order chi connectivity index (χ0) is 16.2. The molecule has 0 unspecified atom stereocenters. The van der Waals surface area contributed by atoms with Gasteiger partial charge in [-0.2, -0.15) is 0 Å². The molecule has 2 heterocycles. The van der Waals surface area contributed by atoms with E-state index >= 15 is 0 Å². The predicted molar refractivity (Wildman–Crippen MR) is 87.7 cm³/mol. The highest BCUT2D eigenvalue weighted by Gasteiger charge is 2.49. The zero-order valence-electron chi connectivity index (χ0n) is 12.6. The average molecular weight is 340 g/mol. The van der Waals surface area contributed by atoms with Crippen molar-refractivity contribution >= 4 is 27.1 Å². The van der Waals surface area contributed by atoms with E-state index < -0.39 is 20.6 Å². The van der Waals surface area contributed by atoms with Crippen molar-refractivity contribution in [2.75, 3.05) is 5.75 Å². The lowest BCUT2D eigenvalue weighted by molar-refractivity contribution is -0.137. The molecule has 1 aromatic rings. The highest BCUT2D eigenvalue weighted by Crippen LogP contribution is 2.45. The number of rotatable bonds is 4. The van der Waals surface area contributed by atoms with Gasteiger partial charge in [-0.3, -0.25) is 4.79 Å². The molecule has 1 aromatic heterocycles. The molecule has 1 N–H and O–H groups in total. The molecule has 0 saturated carbocycles. The fourth-order valence-electron chi connectivity index (χ4n) is 2.78. The summed E-state index contributed by atoms with van der Waals surface area (Å²) in [7, 11) is -3.46. The van der Waals surface area contributed by atoms with E-state index in [0.717, 1.165) is 24.1 Å². The predicted octanol–water partition coefficient (Wildman–Crippen LogP) is 3.17. The minimum atomic E-state index is -3.46. The summed E-state index contributed by atoms with van der Waals surface area (Å²) in [4.78, 5) is 12.7. The SMILES string of the molecule is CCCC#Cc1ccc([C@@]2(CC(=O)O)CCCCS2(=O)=O)s1. The first kappa shape index (κ1) is 17.0. The Kier molecular flexibility index (Phi) is 5.30. The molecular formula is C16H20O4S2. The smallest absolute Gasteiger partial charge is 0.305 e. The van der Waals surface area contributed by atoms with Crippen molar-refractivity contribution in [3.05, 3.63) is 21.9 Å². The lowest BCUT2D eigenvalue weighted by Crippen LogP contribution is -2.41. The van der Waals surface area contributed by atoms with Gasteiger partial charge in [-0.05, 0) is 31.4 Å². The minimum Gasteiger partial charge on any atom is -0.481 e. The maximum absolute atomic E-state index is 12.6. The lowest BCUT2D eigenvalue weighted by atomic mass is 9.95. The second kappa shape index (κ2) is 6.84. The van der Waals surface area contributed by atoms with E-state index in [4.69, 9.17) is 0 Å². The summed E-state index contributed by atoms with van der Waals surface area (Å²) in [5.41, 5.74) is 0. The number of carboxylic acids is 1. The quantitative estimate of drug-likeness (QED) is 0.855. The first-order chi connectivity index (χ1) is 10.4. The molecule has 1 atom stereocenters. The van der Waals surface area contributed by atoms with Crippen molar-refractivity contribution < 1.29 is 18.3 Å². The topological polar surface area (TPSA) is 71.4 Å². The van der Waals surface area contributed by atoms with Crippen LogP contribution in [0.2, 0.25) is 0 Å². The summed E-state index contributed by atoms with van der Waals surface area (Å²) in [5, 5.41) is 9.22. The highest BCUT2D eigenvalue weighted by atomic mass is 32.2. The zero-order valence-corrected chi connectivity index (χ0v) is 14.2. The maximum Gasteiger partial charge on any atom is 0.305 e. The average Bonchev–Trinajstić information content (AvgIpc) is 2.90. The van der Waals surface area contributed by atoms with Crippen LogP contribution in [0.15, 0.2) is 12.1 Å². The lowest BCUT2D eigenvalue weighted by Gasteiger charge is -2.34. The van der Waals surface area contributed by atoms with Crippen LogP contribution < -0.4 is 0 Å². The van der Waals surface area contributed by atoms with Crippen molar-refractivity contribution in [3.8, 4) is 11.8 Å². The number of sulfone groups is 1. The van der Waals surface area contributed by atoms with Crippen LogP contribution in [-0.4, -0.2) is 25.2 Å². The summed E-state index contributed by atoms with van der Waals surface area (Å²) >= 11 is 1.32. The Labute approximate surface area is 135 Å². The molecule has 1 saturated heterocycles. The van der Waals surface area contributed by atoms with Crippen LogP contribution >= 0.6 is 11.3 Å². The number of carbonyl (C=O) groups is 1. The van der Waals surface area contributed by atoms with Crippen LogP contribution in [-0.2, 0) is 19.4 Å². The van der Waals surface area contributed by atoms with E-state index in [1.807, 2.05) is 6.92 Å². The molecule has 2 rings (SSSR count). The number of aliphatic carboxylic acids is 1. The Morgan fingerprint density at radius 2 is 2.18 bits per heavy atom. The fraction of sp³-hybridized carbons (Fsp3) is 0.562. The van der Waals surface area contributed by atoms with Crippen LogP contribution in [0.1, 0.15) is 55.2 Å². The third kappa shape index (κ3) is 3.36. The van der Waals surface area contributed by atoms with Crippen LogP contribution in [0.3, 0.4) is 0 Å². The maximum atomic E-state index is 12.6. The molecule has 0 radical (unpaired) electrons. The van der Waals surface area contributed by atoms with Crippen molar-refractivity contribution in [1.82, 2.24) is 0 Å². The van der Waals surface area contributed by atoms with E-state index in [2.05, 4.69) is 11.8 Å². The number of hydrogen-bond donors (Lipinski definition) is 1. The van der Waals surface area contributed by atoms with Gasteiger partial charge in [0.2, 0.25) is 0 Å². The van der Waals surface area contributed by atoms with E-state index in [1.165, 1.54) is 11.3 Å². The minimum absolute atomic E-state index is 0.0645. The van der Waals surface area contributed by atoms with Gasteiger partial charge in [0.05, 0.1) is 17.1 Å². The van der Waals surface area contributed by atoms with Crippen molar-refractivity contribution in [2.24, 2.45) is 0 Å². The monoisotopic (exact) mass is 340 g/mol. The summed E-state index contributed by atoms with van der Waals surface area (Å²) in [5.74, 6) is 5.06. The normalized spacial score (nSPS) is 23.5. The van der Waals surface area contributed by atoms with Gasteiger partial charge in [0, 0.05) is 11.3 Å². The summed E-state index contributed by atoms with van der Waals surface area (Å²) in [6.45, 7) is 2.05. The van der Waals surface area contributed by atoms with Gasteiger partial charge in [-0.15, -0.1) is 11.3 Å². The molecule has 6 heteroatoms. The van der Waals surface area contributed by atoms with E-state index in [-0.39, 0.29) is 12.2 Å². The Morgan fingerprint density at radius 1 is 1.41 bits per heavy atom. The molecule has 0 spiro atoms. The second-order valence-electron chi connectivity index (χ2n) is 5.56. The molecule has 0 aromatic carbocycles. The van der Waals surface area contributed by atoms with Gasteiger partial charge in [0.25, 0.3) is 0 Å². The molecule has 4 nitrogen and oxygen atoms in total. The molecule has 1 fully saturated rings. The Morgan fingerprint density at radius 3 is 2.82 bits per heavy atom. The number of thiophene rings is 1. The van der Waals surface area contributed by atoms with Gasteiger partial charge < -0.3 is 5.11 Å². The molecule has 120 valence electrons. The third-order valence-electron chi connectivity index (χ3n) is 3.92. The second-order valence-corrected chi connectivity index (χ2v) is 9.06. The highest BCUT2D eigenvalue weighted by molar-refractivity contribution is 7.92. The van der Waals surface area contributed by atoms with E-state index in [0.29, 0.717) is 17.7 Å². The summed E-state index contributed by atoms with van der Waals surface area (Å²) in [6, 6.07) is 3.54. The van der Waals surface area contributed by atoms with Crippen LogP contribution in [0.4, 0.5) is 0 Å². The van der Waals surface area contributed by atoms with Crippen molar-refractivity contribution in [1.29, 1.82) is 0 Å². The largest absolute Gasteiger partial charge is 0.481 e. The standard InChI is InChI=1S/C16H20O4S2/c1-2-3-4-7-13-8-9-14(21-13)16(12-15(17)18)10-5-6-11-22(16,19)20/h8-9H,2-3,5-6,10-12H2,1H3,(H,17,18)/t16-/m0/s1. The number of unbranched alkanes of at least 4 members (excludes halogenated alkanes) is 1. The van der Waals surface area contributed by atoms with Gasteiger partial charge in [0.15, 0.2) is 9.84 Å². The molecule has 1 aliphatic rings. The molecule has 22 heavy (non-hydrogen) atoms. The van der Waals surface area contributed by atoms with Crippen molar-refractivity contribution in [2.45, 2.75) is 50.2 Å². The number of carboxylic acid groups (broad SMARTS) is 1. The van der Waals surface area contributed by atoms with Crippen molar-refractivity contribution in [3.63, 3.8) is 0 Å². The fourth-order valence-corrected chi connectivity index (χ4v) is 6.43. The van der Waals surface area contributed by atoms with Gasteiger partial charge in [-0.25, -0.2) is 8.42 Å². The Balaban J connectivity index is 2.43. The van der Waals surface area contributed by atoms with Gasteiger partial charge in [-0.1, -0.05) is 25.2 Å². The first-order valence-corrected chi connectivity index (χ1v) is 9.91. The Bertz CT molecular complexity index is 706.